The minimum absolute atomic E-state index is 0.0200. The third-order valence-corrected chi connectivity index (χ3v) is 2.86. The maximum Gasteiger partial charge on any atom is 0.314 e. The summed E-state index contributed by atoms with van der Waals surface area (Å²) in [6.07, 6.45) is -0.365. The van der Waals surface area contributed by atoms with E-state index < -0.39 is 18.1 Å². The summed E-state index contributed by atoms with van der Waals surface area (Å²) in [5.74, 6) is -0.887. The van der Waals surface area contributed by atoms with Gasteiger partial charge in [-0.05, 0) is 24.5 Å². The van der Waals surface area contributed by atoms with Crippen LogP contribution in [-0.2, 0) is 4.79 Å². The normalized spacial score (nSPS) is 11.7. The Kier molecular flexibility index (Phi) is 6.52. The van der Waals surface area contributed by atoms with E-state index in [1.54, 1.807) is 0 Å². The Labute approximate surface area is 117 Å². The number of aryl methyl sites for hydroxylation is 1. The molecule has 0 radical (unpaired) electrons. The van der Waals surface area contributed by atoms with E-state index in [2.05, 4.69) is 10.6 Å². The highest BCUT2D eigenvalue weighted by Gasteiger charge is 2.11. The number of hydrogen-bond donors (Lipinski definition) is 4. The number of nitrogens with one attached hydrogen (secondary N) is 2. The SMILES string of the molecule is Cc1ccccc1C(O)CNC(=O)NCCCC(=O)O. The Morgan fingerprint density at radius 3 is 2.60 bits per heavy atom. The first kappa shape index (κ1) is 16.0. The minimum Gasteiger partial charge on any atom is -0.481 e. The Bertz CT molecular complexity index is 462. The predicted molar refractivity (Wildman–Crippen MR) is 74.4 cm³/mol. The van der Waals surface area contributed by atoms with Crippen LogP contribution in [0.4, 0.5) is 4.79 Å². The largest absolute Gasteiger partial charge is 0.481 e. The van der Waals surface area contributed by atoms with Crippen molar-refractivity contribution in [2.24, 2.45) is 0 Å². The number of benzene rings is 1. The van der Waals surface area contributed by atoms with Gasteiger partial charge in [-0.1, -0.05) is 24.3 Å². The Balaban J connectivity index is 2.27. The lowest BCUT2D eigenvalue weighted by Gasteiger charge is -2.14. The molecule has 20 heavy (non-hydrogen) atoms. The summed E-state index contributed by atoms with van der Waals surface area (Å²) < 4.78 is 0. The van der Waals surface area contributed by atoms with Gasteiger partial charge < -0.3 is 20.8 Å². The molecular weight excluding hydrogens is 260 g/mol. The molecule has 6 nitrogen and oxygen atoms in total. The summed E-state index contributed by atoms with van der Waals surface area (Å²) >= 11 is 0. The number of urea groups is 1. The van der Waals surface area contributed by atoms with Gasteiger partial charge in [0.1, 0.15) is 0 Å². The van der Waals surface area contributed by atoms with Crippen molar-refractivity contribution in [2.75, 3.05) is 13.1 Å². The molecule has 1 rings (SSSR count). The molecule has 0 aromatic heterocycles. The molecule has 0 spiro atoms. The van der Waals surface area contributed by atoms with Crippen molar-refractivity contribution in [1.82, 2.24) is 10.6 Å². The maximum absolute atomic E-state index is 11.4. The smallest absolute Gasteiger partial charge is 0.314 e. The van der Waals surface area contributed by atoms with Crippen LogP contribution in [0.5, 0.6) is 0 Å². The molecule has 0 heterocycles. The van der Waals surface area contributed by atoms with Gasteiger partial charge in [-0.2, -0.15) is 0 Å². The van der Waals surface area contributed by atoms with Gasteiger partial charge in [0.05, 0.1) is 6.10 Å². The number of carbonyl (C=O) groups excluding carboxylic acids is 1. The van der Waals surface area contributed by atoms with Crippen LogP contribution in [0, 0.1) is 6.92 Å². The maximum atomic E-state index is 11.4. The average Bonchev–Trinajstić information content (AvgIpc) is 2.41. The van der Waals surface area contributed by atoms with Crippen molar-refractivity contribution in [3.05, 3.63) is 35.4 Å². The van der Waals surface area contributed by atoms with Crippen LogP contribution in [0.1, 0.15) is 30.1 Å². The second-order valence-corrected chi connectivity index (χ2v) is 4.51. The first-order valence-electron chi connectivity index (χ1n) is 6.47. The summed E-state index contributed by atoms with van der Waals surface area (Å²) in [5, 5.41) is 23.5. The Morgan fingerprint density at radius 2 is 1.95 bits per heavy atom. The monoisotopic (exact) mass is 280 g/mol. The molecule has 6 heteroatoms. The molecule has 1 aromatic rings. The van der Waals surface area contributed by atoms with Gasteiger partial charge in [0.15, 0.2) is 0 Å². The molecule has 0 aliphatic carbocycles. The van der Waals surface area contributed by atoms with Crippen LogP contribution in [0.2, 0.25) is 0 Å². The van der Waals surface area contributed by atoms with E-state index in [1.165, 1.54) is 0 Å². The third-order valence-electron chi connectivity index (χ3n) is 2.86. The number of hydrogen-bond acceptors (Lipinski definition) is 3. The van der Waals surface area contributed by atoms with E-state index in [-0.39, 0.29) is 13.0 Å². The lowest BCUT2D eigenvalue weighted by Crippen LogP contribution is -2.38. The van der Waals surface area contributed by atoms with E-state index in [1.807, 2.05) is 31.2 Å². The molecule has 0 bridgehead atoms. The summed E-state index contributed by atoms with van der Waals surface area (Å²) in [6.45, 7) is 2.29. The summed E-state index contributed by atoms with van der Waals surface area (Å²) in [4.78, 5) is 21.7. The van der Waals surface area contributed by atoms with Crippen molar-refractivity contribution in [3.63, 3.8) is 0 Å². The number of aliphatic carboxylic acids is 1. The highest BCUT2D eigenvalue weighted by molar-refractivity contribution is 5.74. The molecule has 110 valence electrons. The molecule has 0 saturated heterocycles. The van der Waals surface area contributed by atoms with E-state index in [0.29, 0.717) is 13.0 Å². The number of aliphatic hydroxyl groups excluding tert-OH is 1. The quantitative estimate of drug-likeness (QED) is 0.564. The second-order valence-electron chi connectivity index (χ2n) is 4.51. The number of aliphatic hydroxyl groups is 1. The minimum atomic E-state index is -0.887. The summed E-state index contributed by atoms with van der Waals surface area (Å²) in [7, 11) is 0. The molecule has 1 atom stereocenters. The zero-order valence-electron chi connectivity index (χ0n) is 11.4. The van der Waals surface area contributed by atoms with Gasteiger partial charge in [-0.15, -0.1) is 0 Å². The molecule has 0 saturated carbocycles. The van der Waals surface area contributed by atoms with Crippen LogP contribution in [0.3, 0.4) is 0 Å². The highest BCUT2D eigenvalue weighted by atomic mass is 16.4. The number of rotatable bonds is 7. The lowest BCUT2D eigenvalue weighted by molar-refractivity contribution is -0.137. The van der Waals surface area contributed by atoms with Gasteiger partial charge in [0.25, 0.3) is 0 Å². The Hall–Kier alpha value is -2.08. The fourth-order valence-electron chi connectivity index (χ4n) is 1.76. The molecular formula is C14H20N2O4. The van der Waals surface area contributed by atoms with Crippen molar-refractivity contribution < 1.29 is 19.8 Å². The number of carboxylic acids is 1. The summed E-state index contributed by atoms with van der Waals surface area (Å²) in [5.41, 5.74) is 1.74. The second kappa shape index (κ2) is 8.16. The molecule has 1 aromatic carbocycles. The topological polar surface area (TPSA) is 98.7 Å². The average molecular weight is 280 g/mol. The van der Waals surface area contributed by atoms with Gasteiger partial charge in [0, 0.05) is 19.5 Å². The zero-order valence-corrected chi connectivity index (χ0v) is 11.4. The zero-order chi connectivity index (χ0) is 15.0. The van der Waals surface area contributed by atoms with E-state index in [0.717, 1.165) is 11.1 Å². The third kappa shape index (κ3) is 5.71. The molecule has 1 unspecified atom stereocenters. The van der Waals surface area contributed by atoms with Gasteiger partial charge in [-0.25, -0.2) is 4.79 Å². The van der Waals surface area contributed by atoms with E-state index in [9.17, 15) is 14.7 Å². The van der Waals surface area contributed by atoms with Crippen LogP contribution in [0.25, 0.3) is 0 Å². The fourth-order valence-corrected chi connectivity index (χ4v) is 1.76. The number of amides is 2. The van der Waals surface area contributed by atoms with Crippen molar-refractivity contribution in [2.45, 2.75) is 25.9 Å². The molecule has 0 aliphatic heterocycles. The first-order valence-corrected chi connectivity index (χ1v) is 6.47. The number of carbonyl (C=O) groups is 2. The molecule has 2 amide bonds. The van der Waals surface area contributed by atoms with E-state index >= 15 is 0 Å². The van der Waals surface area contributed by atoms with Crippen LogP contribution in [-0.4, -0.2) is 35.3 Å². The highest BCUT2D eigenvalue weighted by Crippen LogP contribution is 2.15. The molecule has 4 N–H and O–H groups in total. The molecule has 0 aliphatic rings. The molecule has 0 fully saturated rings. The van der Waals surface area contributed by atoms with E-state index in [4.69, 9.17) is 5.11 Å². The van der Waals surface area contributed by atoms with Crippen molar-refractivity contribution in [3.8, 4) is 0 Å². The Morgan fingerprint density at radius 1 is 1.25 bits per heavy atom. The standard InChI is InChI=1S/C14H20N2O4/c1-10-5-2-3-6-11(10)12(17)9-16-14(20)15-8-4-7-13(18)19/h2-3,5-6,12,17H,4,7-9H2,1H3,(H,18,19)(H2,15,16,20). The first-order chi connectivity index (χ1) is 9.50. The number of carboxylic acid groups (broad SMARTS) is 1. The van der Waals surface area contributed by atoms with Gasteiger partial charge >= 0.3 is 12.0 Å². The van der Waals surface area contributed by atoms with Crippen LogP contribution < -0.4 is 10.6 Å². The van der Waals surface area contributed by atoms with Crippen molar-refractivity contribution in [1.29, 1.82) is 0 Å². The van der Waals surface area contributed by atoms with Crippen molar-refractivity contribution >= 4 is 12.0 Å². The van der Waals surface area contributed by atoms with Gasteiger partial charge in [-0.3, -0.25) is 4.79 Å². The predicted octanol–water partition coefficient (Wildman–Crippen LogP) is 1.19. The summed E-state index contributed by atoms with van der Waals surface area (Å²) in [6, 6.07) is 7.01. The lowest BCUT2D eigenvalue weighted by atomic mass is 10.0. The van der Waals surface area contributed by atoms with Gasteiger partial charge in [0.2, 0.25) is 0 Å². The van der Waals surface area contributed by atoms with Crippen LogP contribution in [0.15, 0.2) is 24.3 Å². The van der Waals surface area contributed by atoms with Crippen LogP contribution >= 0.6 is 0 Å². The fraction of sp³-hybridized carbons (Fsp3) is 0.429.